The number of allylic oxidation sites excluding steroid dienone is 8. The first-order chi connectivity index (χ1) is 37.2. The second kappa shape index (κ2) is 53.7. The van der Waals surface area contributed by atoms with E-state index in [-0.39, 0.29) is 12.8 Å². The Morgan fingerprint density at radius 1 is 0.461 bits per heavy atom. The molecule has 0 aromatic heterocycles. The molecule has 0 aromatic carbocycles. The first kappa shape index (κ1) is 72.1. The number of rotatable bonds is 55. The highest BCUT2D eigenvalue weighted by Gasteiger charge is 2.44. The lowest BCUT2D eigenvalue weighted by atomic mass is 9.98. The molecule has 1 aliphatic rings. The molecule has 1 rings (SSSR count). The zero-order valence-electron chi connectivity index (χ0n) is 49.0. The highest BCUT2D eigenvalue weighted by Crippen LogP contribution is 2.23. The van der Waals surface area contributed by atoms with E-state index in [0.717, 1.165) is 51.4 Å². The molecule has 1 aliphatic heterocycles. The van der Waals surface area contributed by atoms with E-state index >= 15 is 0 Å². The Morgan fingerprint density at radius 3 is 1.25 bits per heavy atom. The van der Waals surface area contributed by atoms with Crippen molar-refractivity contribution in [2.24, 2.45) is 0 Å². The van der Waals surface area contributed by atoms with Gasteiger partial charge in [0.25, 0.3) is 0 Å². The standard InChI is InChI=1S/C65H121NO10/c1-3-5-7-9-11-13-15-17-19-21-23-25-27-28-29-31-33-35-37-39-41-43-45-47-49-51-53-58(69)64(74)66-56(55-75-65-63(73)62(72)61(71)59(54-67)76-65)60(70)57(68)52-50-48-46-44-42-40-38-36-34-32-30-26-24-22-20-18-16-14-12-10-8-6-4-2/h23,25,28-29,36,38,44,46,56-63,65,67-73H,3-22,24,26-27,30-35,37,39-43,45,47-55H2,1-2H3,(H,66,74)/b25-23-,29-28-,38-36+,46-44+. The van der Waals surface area contributed by atoms with Gasteiger partial charge in [0.1, 0.15) is 36.6 Å². The van der Waals surface area contributed by atoms with E-state index in [1.165, 1.54) is 193 Å². The fraction of sp³-hybridized carbons (Fsp3) is 0.862. The van der Waals surface area contributed by atoms with Crippen LogP contribution in [0.4, 0.5) is 0 Å². The molecule has 0 saturated carbocycles. The lowest BCUT2D eigenvalue weighted by Crippen LogP contribution is -2.60. The minimum atomic E-state index is -1.67. The van der Waals surface area contributed by atoms with Crippen molar-refractivity contribution in [3.05, 3.63) is 48.6 Å². The van der Waals surface area contributed by atoms with Crippen LogP contribution < -0.4 is 5.32 Å². The number of aliphatic hydroxyl groups excluding tert-OH is 7. The molecule has 0 aliphatic carbocycles. The van der Waals surface area contributed by atoms with Gasteiger partial charge >= 0.3 is 0 Å². The van der Waals surface area contributed by atoms with Gasteiger partial charge in [-0.25, -0.2) is 0 Å². The molecule has 9 atom stereocenters. The molecule has 446 valence electrons. The molecule has 1 amide bonds. The van der Waals surface area contributed by atoms with Crippen LogP contribution in [0, 0.1) is 0 Å². The average molecular weight is 1080 g/mol. The van der Waals surface area contributed by atoms with Crippen LogP contribution in [0.2, 0.25) is 0 Å². The Morgan fingerprint density at radius 2 is 0.829 bits per heavy atom. The molecule has 0 spiro atoms. The number of carbonyl (C=O) groups excluding carboxylic acids is 1. The molecule has 8 N–H and O–H groups in total. The summed E-state index contributed by atoms with van der Waals surface area (Å²) in [5, 5.41) is 76.3. The van der Waals surface area contributed by atoms with Crippen molar-refractivity contribution in [1.29, 1.82) is 0 Å². The molecular weight excluding hydrogens is 955 g/mol. The summed E-state index contributed by atoms with van der Waals surface area (Å²) >= 11 is 0. The van der Waals surface area contributed by atoms with Crippen molar-refractivity contribution in [3.63, 3.8) is 0 Å². The summed E-state index contributed by atoms with van der Waals surface area (Å²) in [6.45, 7) is 3.47. The number of nitrogens with one attached hydrogen (secondary N) is 1. The van der Waals surface area contributed by atoms with Gasteiger partial charge in [-0.3, -0.25) is 4.79 Å². The molecule has 0 aromatic rings. The highest BCUT2D eigenvalue weighted by molar-refractivity contribution is 5.80. The Bertz CT molecular complexity index is 1370. The van der Waals surface area contributed by atoms with Crippen LogP contribution in [0.15, 0.2) is 48.6 Å². The van der Waals surface area contributed by atoms with Crippen LogP contribution in [0.3, 0.4) is 0 Å². The first-order valence-corrected chi connectivity index (χ1v) is 32.0. The Kier molecular flexibility index (Phi) is 50.9. The third kappa shape index (κ3) is 41.1. The second-order valence-electron chi connectivity index (χ2n) is 22.5. The fourth-order valence-electron chi connectivity index (χ4n) is 10.1. The smallest absolute Gasteiger partial charge is 0.249 e. The monoisotopic (exact) mass is 1080 g/mol. The maximum atomic E-state index is 13.2. The molecule has 1 fully saturated rings. The highest BCUT2D eigenvalue weighted by atomic mass is 16.7. The van der Waals surface area contributed by atoms with Gasteiger partial charge in [-0.05, 0) is 83.5 Å². The third-order valence-corrected chi connectivity index (χ3v) is 15.3. The third-order valence-electron chi connectivity index (χ3n) is 15.3. The number of carbonyl (C=O) groups is 1. The molecule has 0 bridgehead atoms. The minimum absolute atomic E-state index is 0.245. The van der Waals surface area contributed by atoms with E-state index < -0.39 is 74.2 Å². The predicted octanol–water partition coefficient (Wildman–Crippen LogP) is 14.4. The van der Waals surface area contributed by atoms with Gasteiger partial charge in [-0.15, -0.1) is 0 Å². The van der Waals surface area contributed by atoms with Gasteiger partial charge in [0.2, 0.25) is 5.91 Å². The van der Waals surface area contributed by atoms with E-state index in [0.29, 0.717) is 19.3 Å². The number of hydrogen-bond donors (Lipinski definition) is 8. The SMILES string of the molecule is CCCCCCCCCCC/C=C\C/C=C\CCCCCCCCCCCCC(O)C(=O)NC(COC1OC(CO)C(O)C(O)C1O)C(O)C(O)CCC/C=C/CC/C=C/CCCCCCCCCCCCCCCC. The molecular formula is C65H121NO10. The van der Waals surface area contributed by atoms with E-state index in [1.807, 2.05) is 0 Å². The topological polar surface area (TPSA) is 189 Å². The van der Waals surface area contributed by atoms with Crippen LogP contribution in [-0.2, 0) is 14.3 Å². The summed E-state index contributed by atoms with van der Waals surface area (Å²) in [7, 11) is 0. The lowest BCUT2D eigenvalue weighted by molar-refractivity contribution is -0.303. The summed E-state index contributed by atoms with van der Waals surface area (Å²) in [6, 6.07) is -1.20. The normalized spacial score (nSPS) is 19.9. The molecule has 11 nitrogen and oxygen atoms in total. The number of unbranched alkanes of at least 4 members (excludes halogenated alkanes) is 35. The zero-order chi connectivity index (χ0) is 55.4. The van der Waals surface area contributed by atoms with Gasteiger partial charge in [0.15, 0.2) is 6.29 Å². The number of hydrogen-bond acceptors (Lipinski definition) is 10. The number of amides is 1. The van der Waals surface area contributed by atoms with Crippen molar-refractivity contribution < 1.29 is 50.0 Å². The van der Waals surface area contributed by atoms with Gasteiger partial charge in [-0.2, -0.15) is 0 Å². The molecule has 9 unspecified atom stereocenters. The summed E-state index contributed by atoms with van der Waals surface area (Å²) in [5.74, 6) is -0.711. The van der Waals surface area contributed by atoms with E-state index in [2.05, 4.69) is 67.8 Å². The van der Waals surface area contributed by atoms with E-state index in [4.69, 9.17) is 9.47 Å². The Labute approximate surface area is 466 Å². The van der Waals surface area contributed by atoms with Gasteiger partial charge in [0, 0.05) is 0 Å². The molecule has 1 heterocycles. The van der Waals surface area contributed by atoms with Gasteiger partial charge < -0.3 is 50.5 Å². The van der Waals surface area contributed by atoms with Crippen LogP contribution in [0.1, 0.15) is 290 Å². The summed E-state index contributed by atoms with van der Waals surface area (Å²) < 4.78 is 11.2. The second-order valence-corrected chi connectivity index (χ2v) is 22.5. The van der Waals surface area contributed by atoms with E-state index in [1.54, 1.807) is 0 Å². The molecule has 11 heteroatoms. The van der Waals surface area contributed by atoms with Crippen LogP contribution >= 0.6 is 0 Å². The van der Waals surface area contributed by atoms with Crippen molar-refractivity contribution in [2.45, 2.75) is 345 Å². The van der Waals surface area contributed by atoms with Gasteiger partial charge in [-0.1, -0.05) is 255 Å². The minimum Gasteiger partial charge on any atom is -0.394 e. The summed E-state index contributed by atoms with van der Waals surface area (Å²) in [5.41, 5.74) is 0. The van der Waals surface area contributed by atoms with Crippen molar-refractivity contribution in [3.8, 4) is 0 Å². The number of ether oxygens (including phenoxy) is 2. The Hall–Kier alpha value is -1.93. The Balaban J connectivity index is 2.30. The largest absolute Gasteiger partial charge is 0.394 e. The van der Waals surface area contributed by atoms with E-state index in [9.17, 15) is 40.5 Å². The van der Waals surface area contributed by atoms with Crippen LogP contribution in [-0.4, -0.2) is 110 Å². The van der Waals surface area contributed by atoms with Crippen molar-refractivity contribution in [2.75, 3.05) is 13.2 Å². The first-order valence-electron chi connectivity index (χ1n) is 32.0. The maximum absolute atomic E-state index is 13.2. The predicted molar refractivity (Wildman–Crippen MR) is 316 cm³/mol. The maximum Gasteiger partial charge on any atom is 0.249 e. The van der Waals surface area contributed by atoms with Crippen LogP contribution in [0.5, 0.6) is 0 Å². The van der Waals surface area contributed by atoms with Crippen molar-refractivity contribution in [1.82, 2.24) is 5.32 Å². The van der Waals surface area contributed by atoms with Crippen LogP contribution in [0.25, 0.3) is 0 Å². The molecule has 1 saturated heterocycles. The quantitative estimate of drug-likeness (QED) is 0.0215. The zero-order valence-corrected chi connectivity index (χ0v) is 49.0. The fourth-order valence-corrected chi connectivity index (χ4v) is 10.1. The van der Waals surface area contributed by atoms with Gasteiger partial charge in [0.05, 0.1) is 25.4 Å². The average Bonchev–Trinajstić information content (AvgIpc) is 3.42. The number of aliphatic hydroxyl groups is 7. The molecule has 76 heavy (non-hydrogen) atoms. The van der Waals surface area contributed by atoms with Crippen molar-refractivity contribution >= 4 is 5.91 Å². The molecule has 0 radical (unpaired) electrons. The summed E-state index contributed by atoms with van der Waals surface area (Å²) in [4.78, 5) is 13.2. The lowest BCUT2D eigenvalue weighted by Gasteiger charge is -2.40. The summed E-state index contributed by atoms with van der Waals surface area (Å²) in [6.07, 6.45) is 57.4.